The lowest BCUT2D eigenvalue weighted by Crippen LogP contribution is -2.18. The van der Waals surface area contributed by atoms with Gasteiger partial charge in [-0.2, -0.15) is 0 Å². The van der Waals surface area contributed by atoms with Gasteiger partial charge >= 0.3 is 0 Å². The van der Waals surface area contributed by atoms with Crippen LogP contribution in [0.4, 0.5) is 0 Å². The fourth-order valence-corrected chi connectivity index (χ4v) is 3.43. The summed E-state index contributed by atoms with van der Waals surface area (Å²) in [6.07, 6.45) is 1.99. The van der Waals surface area contributed by atoms with Crippen LogP contribution in [0, 0.1) is 11.8 Å². The molecule has 0 bridgehead atoms. The number of hydrogen-bond acceptors (Lipinski definition) is 4. The first-order chi connectivity index (χ1) is 9.81. The Bertz CT molecular complexity index is 436. The van der Waals surface area contributed by atoms with Gasteiger partial charge in [0.05, 0.1) is 19.8 Å². The van der Waals surface area contributed by atoms with E-state index in [0.29, 0.717) is 11.8 Å². The lowest BCUT2D eigenvalue weighted by Gasteiger charge is -2.23. The highest BCUT2D eigenvalue weighted by atomic mass is 16.5. The van der Waals surface area contributed by atoms with Crippen LogP contribution >= 0.6 is 0 Å². The summed E-state index contributed by atoms with van der Waals surface area (Å²) in [5, 5.41) is 9.66. The van der Waals surface area contributed by atoms with Crippen LogP contribution in [0.3, 0.4) is 0 Å². The van der Waals surface area contributed by atoms with Gasteiger partial charge in [-0.15, -0.1) is 0 Å². The normalized spacial score (nSPS) is 30.2. The van der Waals surface area contributed by atoms with E-state index in [1.54, 1.807) is 7.11 Å². The highest BCUT2D eigenvalue weighted by molar-refractivity contribution is 5.35. The van der Waals surface area contributed by atoms with E-state index in [-0.39, 0.29) is 18.8 Å². The van der Waals surface area contributed by atoms with Crippen LogP contribution < -0.4 is 4.74 Å². The summed E-state index contributed by atoms with van der Waals surface area (Å²) >= 11 is 0. The first-order valence-electron chi connectivity index (χ1n) is 7.28. The average Bonchev–Trinajstić information content (AvgIpc) is 3.05. The minimum atomic E-state index is -0.309. The number of fused-ring (bicyclic) bond motifs is 1. The van der Waals surface area contributed by atoms with Gasteiger partial charge in [0.2, 0.25) is 0 Å². The first kappa shape index (κ1) is 13.9. The maximum Gasteiger partial charge on any atom is 0.124 e. The van der Waals surface area contributed by atoms with Crippen molar-refractivity contribution in [2.45, 2.75) is 25.0 Å². The minimum Gasteiger partial charge on any atom is -0.496 e. The van der Waals surface area contributed by atoms with Gasteiger partial charge in [0, 0.05) is 18.8 Å². The average molecular weight is 278 g/mol. The molecular formula is C16H22O4. The minimum absolute atomic E-state index is 0.0251. The van der Waals surface area contributed by atoms with E-state index in [1.807, 2.05) is 24.3 Å². The van der Waals surface area contributed by atoms with Crippen molar-refractivity contribution < 1.29 is 19.3 Å². The maximum atomic E-state index is 9.66. The van der Waals surface area contributed by atoms with Crippen LogP contribution in [0.2, 0.25) is 0 Å². The molecule has 4 nitrogen and oxygen atoms in total. The summed E-state index contributed by atoms with van der Waals surface area (Å²) < 4.78 is 17.0. The van der Waals surface area contributed by atoms with E-state index in [1.165, 1.54) is 0 Å². The highest BCUT2D eigenvalue weighted by Crippen LogP contribution is 2.40. The second kappa shape index (κ2) is 6.12. The molecule has 2 aliphatic rings. The topological polar surface area (TPSA) is 47.9 Å². The largest absolute Gasteiger partial charge is 0.496 e. The molecule has 20 heavy (non-hydrogen) atoms. The molecule has 0 unspecified atom stereocenters. The Balaban J connectivity index is 1.68. The van der Waals surface area contributed by atoms with E-state index in [9.17, 15) is 5.11 Å². The lowest BCUT2D eigenvalue weighted by molar-refractivity contribution is -0.0450. The molecule has 0 aromatic heterocycles. The van der Waals surface area contributed by atoms with Gasteiger partial charge in [0.25, 0.3) is 0 Å². The predicted molar refractivity (Wildman–Crippen MR) is 74.7 cm³/mol. The fourth-order valence-electron chi connectivity index (χ4n) is 3.43. The van der Waals surface area contributed by atoms with Gasteiger partial charge in [-0.1, -0.05) is 18.2 Å². The Morgan fingerprint density at radius 3 is 2.60 bits per heavy atom. The van der Waals surface area contributed by atoms with Crippen LogP contribution in [0.5, 0.6) is 5.75 Å². The van der Waals surface area contributed by atoms with Gasteiger partial charge < -0.3 is 19.3 Å². The standard InChI is InChI=1S/C16H22O4/c1-18-15-5-3-2-4-14(15)16(8-17)20-13-6-11-9-19-10-12(11)7-13/h2-5,11-13,16-17H,6-10H2,1H3/t11-,12+,13-,16-/m0/s1. The van der Waals surface area contributed by atoms with Crippen molar-refractivity contribution in [3.05, 3.63) is 29.8 Å². The van der Waals surface area contributed by atoms with Gasteiger partial charge in [0.15, 0.2) is 0 Å². The van der Waals surface area contributed by atoms with Crippen molar-refractivity contribution in [3.8, 4) is 5.75 Å². The molecule has 1 aliphatic carbocycles. The van der Waals surface area contributed by atoms with Crippen molar-refractivity contribution in [1.29, 1.82) is 0 Å². The molecule has 1 saturated heterocycles. The van der Waals surface area contributed by atoms with Gasteiger partial charge in [0.1, 0.15) is 11.9 Å². The third-order valence-electron chi connectivity index (χ3n) is 4.47. The SMILES string of the molecule is COc1ccccc1[C@H](CO)O[C@H]1C[C@H]2COC[C@H]2C1. The Morgan fingerprint density at radius 1 is 1.25 bits per heavy atom. The number of rotatable bonds is 5. The van der Waals surface area contributed by atoms with E-state index in [4.69, 9.17) is 14.2 Å². The molecule has 1 heterocycles. The van der Waals surface area contributed by atoms with Crippen LogP contribution in [0.15, 0.2) is 24.3 Å². The monoisotopic (exact) mass is 278 g/mol. The molecule has 1 aromatic carbocycles. The molecule has 2 fully saturated rings. The molecule has 0 spiro atoms. The summed E-state index contributed by atoms with van der Waals surface area (Å²) in [5.41, 5.74) is 0.922. The molecule has 110 valence electrons. The quantitative estimate of drug-likeness (QED) is 0.896. The molecule has 1 aromatic rings. The first-order valence-corrected chi connectivity index (χ1v) is 7.28. The van der Waals surface area contributed by atoms with Gasteiger partial charge in [-0.05, 0) is 30.7 Å². The molecule has 4 atom stereocenters. The van der Waals surface area contributed by atoms with Crippen LogP contribution in [0.25, 0.3) is 0 Å². The summed E-state index contributed by atoms with van der Waals surface area (Å²) in [4.78, 5) is 0. The predicted octanol–water partition coefficient (Wildman–Crippen LogP) is 2.17. The highest BCUT2D eigenvalue weighted by Gasteiger charge is 2.39. The van der Waals surface area contributed by atoms with Crippen LogP contribution in [-0.2, 0) is 9.47 Å². The third kappa shape index (κ3) is 2.68. The summed E-state index contributed by atoms with van der Waals surface area (Å²) in [6.45, 7) is 1.70. The zero-order chi connectivity index (χ0) is 13.9. The Kier molecular flexibility index (Phi) is 4.24. The number of benzene rings is 1. The number of para-hydroxylation sites is 1. The van der Waals surface area contributed by atoms with Crippen molar-refractivity contribution in [2.75, 3.05) is 26.9 Å². The van der Waals surface area contributed by atoms with Crippen molar-refractivity contribution in [3.63, 3.8) is 0 Å². The van der Waals surface area contributed by atoms with Crippen LogP contribution in [0.1, 0.15) is 24.5 Å². The molecule has 4 heteroatoms. The summed E-state index contributed by atoms with van der Waals surface area (Å²) in [6, 6.07) is 7.73. The number of hydrogen-bond donors (Lipinski definition) is 1. The summed E-state index contributed by atoms with van der Waals surface area (Å²) in [5.74, 6) is 2.04. The Morgan fingerprint density at radius 2 is 1.95 bits per heavy atom. The molecule has 0 radical (unpaired) electrons. The molecule has 1 saturated carbocycles. The number of aliphatic hydroxyl groups excluding tert-OH is 1. The summed E-state index contributed by atoms with van der Waals surface area (Å²) in [7, 11) is 1.64. The van der Waals surface area contributed by atoms with Crippen molar-refractivity contribution in [2.24, 2.45) is 11.8 Å². The second-order valence-electron chi connectivity index (χ2n) is 5.70. The number of aliphatic hydroxyl groups is 1. The van der Waals surface area contributed by atoms with E-state index in [2.05, 4.69) is 0 Å². The lowest BCUT2D eigenvalue weighted by atomic mass is 10.0. The smallest absolute Gasteiger partial charge is 0.124 e. The van der Waals surface area contributed by atoms with Crippen molar-refractivity contribution in [1.82, 2.24) is 0 Å². The van der Waals surface area contributed by atoms with E-state index >= 15 is 0 Å². The zero-order valence-electron chi connectivity index (χ0n) is 11.8. The number of ether oxygens (including phenoxy) is 3. The molecule has 0 amide bonds. The van der Waals surface area contributed by atoms with Crippen LogP contribution in [-0.4, -0.2) is 38.1 Å². The Labute approximate surface area is 119 Å². The van der Waals surface area contributed by atoms with Gasteiger partial charge in [-0.25, -0.2) is 0 Å². The molecule has 3 rings (SSSR count). The molecule has 1 N–H and O–H groups in total. The fraction of sp³-hybridized carbons (Fsp3) is 0.625. The number of methoxy groups -OCH3 is 1. The second-order valence-corrected chi connectivity index (χ2v) is 5.70. The van der Waals surface area contributed by atoms with E-state index < -0.39 is 0 Å². The van der Waals surface area contributed by atoms with E-state index in [0.717, 1.165) is 37.4 Å². The molecule has 1 aliphatic heterocycles. The Hall–Kier alpha value is -1.10. The van der Waals surface area contributed by atoms with Gasteiger partial charge in [-0.3, -0.25) is 0 Å². The zero-order valence-corrected chi connectivity index (χ0v) is 11.8. The third-order valence-corrected chi connectivity index (χ3v) is 4.47. The molecular weight excluding hydrogens is 256 g/mol. The maximum absolute atomic E-state index is 9.66. The van der Waals surface area contributed by atoms with Crippen molar-refractivity contribution >= 4 is 0 Å².